The summed E-state index contributed by atoms with van der Waals surface area (Å²) in [5.41, 5.74) is 3.55. The molecule has 116 valence electrons. The molecule has 3 aromatic carbocycles. The lowest BCUT2D eigenvalue weighted by atomic mass is 10.0. The van der Waals surface area contributed by atoms with Crippen molar-refractivity contribution in [3.63, 3.8) is 0 Å². The van der Waals surface area contributed by atoms with Gasteiger partial charge >= 0.3 is 0 Å². The number of aromatic nitrogens is 1. The Bertz CT molecular complexity index is 946. The maximum absolute atomic E-state index is 5.84. The predicted molar refractivity (Wildman–Crippen MR) is 98.0 cm³/mol. The van der Waals surface area contributed by atoms with Crippen molar-refractivity contribution >= 4 is 10.8 Å². The maximum atomic E-state index is 5.84. The van der Waals surface area contributed by atoms with E-state index in [4.69, 9.17) is 4.74 Å². The molecule has 0 spiro atoms. The van der Waals surface area contributed by atoms with Crippen LogP contribution in [0.3, 0.4) is 0 Å². The molecule has 1 heterocycles. The van der Waals surface area contributed by atoms with Crippen LogP contribution in [0.1, 0.15) is 5.56 Å². The zero-order valence-electron chi connectivity index (χ0n) is 13.2. The molecule has 2 nitrogen and oxygen atoms in total. The van der Waals surface area contributed by atoms with Crippen LogP contribution in [0.2, 0.25) is 0 Å². The minimum Gasteiger partial charge on any atom is -0.489 e. The first-order valence-electron chi connectivity index (χ1n) is 7.99. The zero-order valence-corrected chi connectivity index (χ0v) is 13.2. The van der Waals surface area contributed by atoms with Gasteiger partial charge in [0.2, 0.25) is 0 Å². The zero-order chi connectivity index (χ0) is 16.2. The van der Waals surface area contributed by atoms with E-state index in [9.17, 15) is 0 Å². The van der Waals surface area contributed by atoms with Gasteiger partial charge in [-0.3, -0.25) is 4.98 Å². The lowest BCUT2D eigenvalue weighted by Gasteiger charge is -2.08. The summed E-state index contributed by atoms with van der Waals surface area (Å²) in [4.78, 5) is 4.16. The molecule has 0 aliphatic heterocycles. The highest BCUT2D eigenvalue weighted by atomic mass is 16.5. The monoisotopic (exact) mass is 311 g/mol. The van der Waals surface area contributed by atoms with E-state index in [2.05, 4.69) is 47.4 Å². The number of fused-ring (bicyclic) bond motifs is 1. The molecule has 0 radical (unpaired) electrons. The maximum Gasteiger partial charge on any atom is 0.119 e. The first-order valence-corrected chi connectivity index (χ1v) is 7.99. The lowest BCUT2D eigenvalue weighted by Crippen LogP contribution is -1.94. The Kier molecular flexibility index (Phi) is 3.95. The number of nitrogens with zero attached hydrogens (tertiary/aromatic N) is 1. The predicted octanol–water partition coefficient (Wildman–Crippen LogP) is 5.48. The van der Waals surface area contributed by atoms with Crippen LogP contribution in [0.5, 0.6) is 5.75 Å². The van der Waals surface area contributed by atoms with E-state index < -0.39 is 0 Å². The Labute approximate surface area is 141 Å². The van der Waals surface area contributed by atoms with Gasteiger partial charge in [0.1, 0.15) is 12.4 Å². The normalized spacial score (nSPS) is 10.7. The van der Waals surface area contributed by atoms with Gasteiger partial charge in [0.05, 0.1) is 0 Å². The van der Waals surface area contributed by atoms with Crippen LogP contribution in [-0.4, -0.2) is 4.98 Å². The van der Waals surface area contributed by atoms with E-state index in [0.29, 0.717) is 6.61 Å². The highest BCUT2D eigenvalue weighted by molar-refractivity contribution is 5.86. The summed E-state index contributed by atoms with van der Waals surface area (Å²) in [5.74, 6) is 0.882. The van der Waals surface area contributed by atoms with Crippen LogP contribution >= 0.6 is 0 Å². The summed E-state index contributed by atoms with van der Waals surface area (Å²) < 4.78 is 5.84. The first kappa shape index (κ1) is 14.5. The largest absolute Gasteiger partial charge is 0.489 e. The average Bonchev–Trinajstić information content (AvgIpc) is 2.67. The molecule has 0 fully saturated rings. The summed E-state index contributed by atoms with van der Waals surface area (Å²) in [5, 5.41) is 2.36. The second-order valence-corrected chi connectivity index (χ2v) is 5.74. The molecule has 2 heteroatoms. The second-order valence-electron chi connectivity index (χ2n) is 5.74. The van der Waals surface area contributed by atoms with E-state index in [1.54, 1.807) is 0 Å². The Morgan fingerprint density at radius 3 is 2.33 bits per heavy atom. The molecular weight excluding hydrogens is 294 g/mol. The number of benzene rings is 3. The van der Waals surface area contributed by atoms with Crippen molar-refractivity contribution in [3.05, 3.63) is 96.8 Å². The molecule has 0 N–H and O–H groups in total. The minimum atomic E-state index is 0.586. The fourth-order valence-corrected chi connectivity index (χ4v) is 2.75. The molecule has 4 rings (SSSR count). The van der Waals surface area contributed by atoms with Gasteiger partial charge in [-0.05, 0) is 46.3 Å². The van der Waals surface area contributed by atoms with Crippen molar-refractivity contribution in [3.8, 4) is 16.9 Å². The smallest absolute Gasteiger partial charge is 0.119 e. The van der Waals surface area contributed by atoms with Crippen LogP contribution in [0.25, 0.3) is 21.9 Å². The minimum absolute atomic E-state index is 0.586. The molecule has 0 unspecified atom stereocenters. The summed E-state index contributed by atoms with van der Waals surface area (Å²) >= 11 is 0. The fraction of sp³-hybridized carbons (Fsp3) is 0.0455. The van der Waals surface area contributed by atoms with Gasteiger partial charge in [0.25, 0.3) is 0 Å². The van der Waals surface area contributed by atoms with Gasteiger partial charge in [0, 0.05) is 17.8 Å². The molecule has 0 saturated heterocycles. The van der Waals surface area contributed by atoms with Gasteiger partial charge in [-0.2, -0.15) is 0 Å². The quantitative estimate of drug-likeness (QED) is 0.498. The Morgan fingerprint density at radius 1 is 0.708 bits per heavy atom. The van der Waals surface area contributed by atoms with Gasteiger partial charge in [0.15, 0.2) is 0 Å². The van der Waals surface area contributed by atoms with E-state index in [-0.39, 0.29) is 0 Å². The topological polar surface area (TPSA) is 22.1 Å². The van der Waals surface area contributed by atoms with Crippen molar-refractivity contribution in [1.29, 1.82) is 0 Å². The number of hydrogen-bond donors (Lipinski definition) is 0. The third kappa shape index (κ3) is 3.13. The van der Waals surface area contributed by atoms with Crippen molar-refractivity contribution < 1.29 is 4.74 Å². The van der Waals surface area contributed by atoms with Crippen LogP contribution in [-0.2, 0) is 6.61 Å². The van der Waals surface area contributed by atoms with Gasteiger partial charge in [-0.15, -0.1) is 0 Å². The molecule has 0 saturated carbocycles. The van der Waals surface area contributed by atoms with Crippen LogP contribution < -0.4 is 4.74 Å². The van der Waals surface area contributed by atoms with Crippen LogP contribution in [0.15, 0.2) is 91.3 Å². The summed E-state index contributed by atoms with van der Waals surface area (Å²) in [7, 11) is 0. The van der Waals surface area contributed by atoms with Crippen molar-refractivity contribution in [1.82, 2.24) is 4.98 Å². The molecule has 4 aromatic rings. The second kappa shape index (κ2) is 6.55. The molecular formula is C22H17NO. The Morgan fingerprint density at radius 2 is 1.50 bits per heavy atom. The van der Waals surface area contributed by atoms with Gasteiger partial charge in [-0.1, -0.05) is 54.6 Å². The standard InChI is InChI=1S/C22H17NO/c1-2-4-17(5-3-1)16-24-22-10-8-18(9-11-22)19-6-7-21-15-23-13-12-20(21)14-19/h1-15H,16H2. The van der Waals surface area contributed by atoms with Gasteiger partial charge < -0.3 is 4.74 Å². The molecule has 0 aliphatic rings. The Balaban J connectivity index is 1.52. The third-order valence-corrected chi connectivity index (χ3v) is 4.08. The highest BCUT2D eigenvalue weighted by Crippen LogP contribution is 2.26. The van der Waals surface area contributed by atoms with E-state index in [1.807, 2.05) is 48.8 Å². The van der Waals surface area contributed by atoms with Crippen molar-refractivity contribution in [2.24, 2.45) is 0 Å². The number of ether oxygens (including phenoxy) is 1. The molecule has 0 aliphatic carbocycles. The van der Waals surface area contributed by atoms with Crippen molar-refractivity contribution in [2.45, 2.75) is 6.61 Å². The molecule has 0 atom stereocenters. The first-order chi connectivity index (χ1) is 11.9. The fourth-order valence-electron chi connectivity index (χ4n) is 2.75. The Hall–Kier alpha value is -3.13. The number of rotatable bonds is 4. The highest BCUT2D eigenvalue weighted by Gasteiger charge is 2.01. The number of hydrogen-bond acceptors (Lipinski definition) is 2. The van der Waals surface area contributed by atoms with Crippen LogP contribution in [0, 0.1) is 0 Å². The van der Waals surface area contributed by atoms with Crippen LogP contribution in [0.4, 0.5) is 0 Å². The lowest BCUT2D eigenvalue weighted by molar-refractivity contribution is 0.306. The van der Waals surface area contributed by atoms with E-state index in [0.717, 1.165) is 11.1 Å². The molecule has 1 aromatic heterocycles. The molecule has 0 bridgehead atoms. The van der Waals surface area contributed by atoms with Crippen molar-refractivity contribution in [2.75, 3.05) is 0 Å². The summed E-state index contributed by atoms with van der Waals surface area (Å²) in [6, 6.07) is 26.9. The molecule has 0 amide bonds. The van der Waals surface area contributed by atoms with E-state index in [1.165, 1.54) is 22.1 Å². The SMILES string of the molecule is c1ccc(COc2ccc(-c3ccc4cnccc4c3)cc2)cc1. The van der Waals surface area contributed by atoms with E-state index >= 15 is 0 Å². The molecule has 24 heavy (non-hydrogen) atoms. The third-order valence-electron chi connectivity index (χ3n) is 4.08. The van der Waals surface area contributed by atoms with Gasteiger partial charge in [-0.25, -0.2) is 0 Å². The summed E-state index contributed by atoms with van der Waals surface area (Å²) in [6.45, 7) is 0.586. The summed E-state index contributed by atoms with van der Waals surface area (Å²) in [6.07, 6.45) is 3.71. The number of pyridine rings is 1. The average molecular weight is 311 g/mol.